The minimum atomic E-state index is -0.0125. The lowest BCUT2D eigenvalue weighted by Crippen LogP contribution is -2.82. The number of methoxy groups -OCH3 is 1. The molecule has 0 radical (unpaired) electrons. The molecule has 3 heteroatoms. The lowest BCUT2D eigenvalue weighted by Gasteiger charge is -2.39. The molecule has 2 aromatic carbocycles. The predicted octanol–water partition coefficient (Wildman–Crippen LogP) is 4.14. The van der Waals surface area contributed by atoms with Crippen molar-refractivity contribution in [3.05, 3.63) is 65.7 Å². The Morgan fingerprint density at radius 3 is 2.52 bits per heavy atom. The van der Waals surface area contributed by atoms with E-state index in [1.54, 1.807) is 7.11 Å². The Hall–Kier alpha value is -1.84. The Morgan fingerprint density at radius 2 is 1.85 bits per heavy atom. The SMILES string of the molecule is COc1ccc([C@@H](CC[NH2+]Cc2ccccc2)[C@H]2CCOC(C)(C)C2)cc1. The van der Waals surface area contributed by atoms with Crippen molar-refractivity contribution in [2.75, 3.05) is 20.3 Å². The van der Waals surface area contributed by atoms with Gasteiger partial charge in [0.2, 0.25) is 0 Å². The van der Waals surface area contributed by atoms with Gasteiger partial charge in [-0.15, -0.1) is 0 Å². The van der Waals surface area contributed by atoms with Crippen LogP contribution in [0.25, 0.3) is 0 Å². The van der Waals surface area contributed by atoms with Crippen molar-refractivity contribution < 1.29 is 14.8 Å². The molecule has 3 rings (SSSR count). The zero-order chi connectivity index (χ0) is 19.1. The van der Waals surface area contributed by atoms with E-state index in [0.717, 1.165) is 38.3 Å². The second-order valence-electron chi connectivity index (χ2n) is 8.30. The minimum Gasteiger partial charge on any atom is -0.497 e. The van der Waals surface area contributed by atoms with Crippen molar-refractivity contribution >= 4 is 0 Å². The molecule has 0 amide bonds. The van der Waals surface area contributed by atoms with Crippen LogP contribution in [0.2, 0.25) is 0 Å². The lowest BCUT2D eigenvalue weighted by atomic mass is 9.75. The first-order chi connectivity index (χ1) is 13.1. The number of nitrogens with two attached hydrogens (primary N) is 1. The zero-order valence-corrected chi connectivity index (χ0v) is 17.0. The Labute approximate surface area is 164 Å². The molecule has 0 bridgehead atoms. The summed E-state index contributed by atoms with van der Waals surface area (Å²) in [5.41, 5.74) is 2.82. The summed E-state index contributed by atoms with van der Waals surface area (Å²) in [6.07, 6.45) is 3.47. The van der Waals surface area contributed by atoms with E-state index in [-0.39, 0.29) is 5.60 Å². The second-order valence-corrected chi connectivity index (χ2v) is 8.30. The van der Waals surface area contributed by atoms with Gasteiger partial charge in [-0.05, 0) is 56.2 Å². The number of ether oxygens (including phenoxy) is 2. The molecule has 146 valence electrons. The van der Waals surface area contributed by atoms with Gasteiger partial charge in [-0.25, -0.2) is 0 Å². The Morgan fingerprint density at radius 1 is 1.11 bits per heavy atom. The summed E-state index contributed by atoms with van der Waals surface area (Å²) in [7, 11) is 1.73. The van der Waals surface area contributed by atoms with E-state index < -0.39 is 0 Å². The van der Waals surface area contributed by atoms with Crippen molar-refractivity contribution in [3.8, 4) is 5.75 Å². The molecule has 0 saturated carbocycles. The fourth-order valence-electron chi connectivity index (χ4n) is 4.33. The lowest BCUT2D eigenvalue weighted by molar-refractivity contribution is -0.671. The van der Waals surface area contributed by atoms with Gasteiger partial charge in [0.25, 0.3) is 0 Å². The van der Waals surface area contributed by atoms with E-state index in [2.05, 4.69) is 73.8 Å². The average Bonchev–Trinajstić information content (AvgIpc) is 2.68. The second kappa shape index (κ2) is 9.38. The summed E-state index contributed by atoms with van der Waals surface area (Å²) in [6, 6.07) is 19.4. The van der Waals surface area contributed by atoms with Crippen molar-refractivity contribution in [1.82, 2.24) is 0 Å². The standard InChI is InChI=1S/C24H33NO2/c1-24(2)17-21(14-16-27-24)23(20-9-11-22(26-3)12-10-20)13-15-25-18-19-7-5-4-6-8-19/h4-12,21,23,25H,13-18H2,1-3H3/p+1/t21-,23+/m0/s1. The zero-order valence-electron chi connectivity index (χ0n) is 17.0. The smallest absolute Gasteiger partial charge is 0.118 e. The van der Waals surface area contributed by atoms with Crippen LogP contribution >= 0.6 is 0 Å². The van der Waals surface area contributed by atoms with Gasteiger partial charge in [0.05, 0.1) is 19.3 Å². The van der Waals surface area contributed by atoms with Crippen LogP contribution in [0.3, 0.4) is 0 Å². The third kappa shape index (κ3) is 5.82. The fraction of sp³-hybridized carbons (Fsp3) is 0.500. The number of benzene rings is 2. The van der Waals surface area contributed by atoms with E-state index in [0.29, 0.717) is 11.8 Å². The van der Waals surface area contributed by atoms with Crippen molar-refractivity contribution in [1.29, 1.82) is 0 Å². The highest BCUT2D eigenvalue weighted by atomic mass is 16.5. The van der Waals surface area contributed by atoms with Crippen molar-refractivity contribution in [3.63, 3.8) is 0 Å². The van der Waals surface area contributed by atoms with Crippen LogP contribution < -0.4 is 10.1 Å². The Balaban J connectivity index is 1.65. The maximum atomic E-state index is 5.97. The first-order valence-corrected chi connectivity index (χ1v) is 10.2. The predicted molar refractivity (Wildman–Crippen MR) is 110 cm³/mol. The van der Waals surface area contributed by atoms with Gasteiger partial charge in [-0.2, -0.15) is 0 Å². The van der Waals surface area contributed by atoms with Gasteiger partial charge in [0.15, 0.2) is 0 Å². The van der Waals surface area contributed by atoms with E-state index in [4.69, 9.17) is 9.47 Å². The van der Waals surface area contributed by atoms with Gasteiger partial charge in [-0.3, -0.25) is 0 Å². The van der Waals surface area contributed by atoms with E-state index >= 15 is 0 Å². The maximum Gasteiger partial charge on any atom is 0.118 e. The number of hydrogen-bond donors (Lipinski definition) is 1. The van der Waals surface area contributed by atoms with Gasteiger partial charge in [-0.1, -0.05) is 42.5 Å². The first-order valence-electron chi connectivity index (χ1n) is 10.2. The third-order valence-electron chi connectivity index (χ3n) is 5.75. The summed E-state index contributed by atoms with van der Waals surface area (Å²) in [4.78, 5) is 0. The molecule has 2 N–H and O–H groups in total. The summed E-state index contributed by atoms with van der Waals surface area (Å²) < 4.78 is 11.3. The van der Waals surface area contributed by atoms with Crippen LogP contribution in [-0.2, 0) is 11.3 Å². The molecule has 1 fully saturated rings. The molecule has 0 aromatic heterocycles. The van der Waals surface area contributed by atoms with Crippen LogP contribution in [0.4, 0.5) is 0 Å². The fourth-order valence-corrected chi connectivity index (χ4v) is 4.33. The summed E-state index contributed by atoms with van der Waals surface area (Å²) in [5.74, 6) is 2.18. The summed E-state index contributed by atoms with van der Waals surface area (Å²) in [5, 5.41) is 2.44. The highest BCUT2D eigenvalue weighted by molar-refractivity contribution is 5.30. The minimum absolute atomic E-state index is 0.0125. The molecule has 0 aliphatic carbocycles. The van der Waals surface area contributed by atoms with Gasteiger partial charge >= 0.3 is 0 Å². The number of rotatable bonds is 8. The topological polar surface area (TPSA) is 35.1 Å². The Kier molecular flexibility index (Phi) is 6.92. The quantitative estimate of drug-likeness (QED) is 0.711. The maximum absolute atomic E-state index is 5.97. The highest BCUT2D eigenvalue weighted by Crippen LogP contribution is 2.40. The third-order valence-corrected chi connectivity index (χ3v) is 5.75. The molecule has 1 saturated heterocycles. The molecule has 1 heterocycles. The van der Waals surface area contributed by atoms with E-state index in [1.165, 1.54) is 17.5 Å². The van der Waals surface area contributed by atoms with Gasteiger partial charge < -0.3 is 14.8 Å². The normalized spacial score (nSPS) is 20.2. The molecule has 3 nitrogen and oxygen atoms in total. The van der Waals surface area contributed by atoms with Gasteiger partial charge in [0, 0.05) is 18.6 Å². The monoisotopic (exact) mass is 368 g/mol. The van der Waals surface area contributed by atoms with Gasteiger partial charge in [0.1, 0.15) is 12.3 Å². The van der Waals surface area contributed by atoms with Crippen molar-refractivity contribution in [2.45, 2.75) is 51.2 Å². The molecule has 27 heavy (non-hydrogen) atoms. The molecule has 1 aliphatic heterocycles. The van der Waals surface area contributed by atoms with Crippen LogP contribution in [-0.4, -0.2) is 25.9 Å². The molecular weight excluding hydrogens is 334 g/mol. The molecule has 1 aliphatic rings. The summed E-state index contributed by atoms with van der Waals surface area (Å²) in [6.45, 7) is 7.52. The van der Waals surface area contributed by atoms with Crippen LogP contribution in [0.15, 0.2) is 54.6 Å². The van der Waals surface area contributed by atoms with E-state index in [9.17, 15) is 0 Å². The Bertz CT molecular complexity index is 681. The van der Waals surface area contributed by atoms with Crippen molar-refractivity contribution in [2.24, 2.45) is 5.92 Å². The van der Waals surface area contributed by atoms with E-state index in [1.807, 2.05) is 0 Å². The van der Waals surface area contributed by atoms with Crippen LogP contribution in [0.5, 0.6) is 5.75 Å². The largest absolute Gasteiger partial charge is 0.497 e. The molecule has 0 unspecified atom stereocenters. The number of quaternary nitrogens is 1. The molecule has 2 atom stereocenters. The summed E-state index contributed by atoms with van der Waals surface area (Å²) >= 11 is 0. The highest BCUT2D eigenvalue weighted by Gasteiger charge is 2.34. The average molecular weight is 369 g/mol. The van der Waals surface area contributed by atoms with Crippen LogP contribution in [0, 0.1) is 5.92 Å². The molecule has 0 spiro atoms. The first kappa shape index (κ1) is 19.9. The number of hydrogen-bond acceptors (Lipinski definition) is 2. The molecular formula is C24H34NO2+. The van der Waals surface area contributed by atoms with Crippen LogP contribution in [0.1, 0.15) is 50.2 Å². The molecule has 2 aromatic rings.